The minimum absolute atomic E-state index is 0.118. The first-order valence-corrected chi connectivity index (χ1v) is 5.41. The first-order chi connectivity index (χ1) is 9.33. The fraction of sp³-hybridized carbons (Fsp3) is 0.273. The number of hydrogen-bond acceptors (Lipinski definition) is 4. The topological polar surface area (TPSA) is 76.7 Å². The quantitative estimate of drug-likeness (QED) is 0.874. The molecule has 0 aromatic heterocycles. The Kier molecular flexibility index (Phi) is 3.68. The highest BCUT2D eigenvalue weighted by atomic mass is 19.4. The van der Waals surface area contributed by atoms with Gasteiger partial charge in [0.25, 0.3) is 5.91 Å². The van der Waals surface area contributed by atoms with Gasteiger partial charge in [0.05, 0.1) is 5.69 Å². The van der Waals surface area contributed by atoms with Crippen LogP contribution >= 0.6 is 0 Å². The zero-order valence-electron chi connectivity index (χ0n) is 9.91. The molecule has 6 nitrogen and oxygen atoms in total. The van der Waals surface area contributed by atoms with Crippen molar-refractivity contribution in [3.05, 3.63) is 18.2 Å². The Morgan fingerprint density at radius 3 is 2.90 bits per heavy atom. The van der Waals surface area contributed by atoms with Crippen LogP contribution in [0, 0.1) is 0 Å². The van der Waals surface area contributed by atoms with Crippen LogP contribution in [0.25, 0.3) is 0 Å². The van der Waals surface area contributed by atoms with Gasteiger partial charge < -0.3 is 14.8 Å². The van der Waals surface area contributed by atoms with Crippen LogP contribution in [0.4, 0.5) is 29.3 Å². The molecule has 0 saturated carbocycles. The second-order valence-corrected chi connectivity index (χ2v) is 3.86. The van der Waals surface area contributed by atoms with Crippen molar-refractivity contribution >= 4 is 23.4 Å². The van der Waals surface area contributed by atoms with E-state index < -0.39 is 18.9 Å². The summed E-state index contributed by atoms with van der Waals surface area (Å²) < 4.78 is 44.6. The van der Waals surface area contributed by atoms with E-state index in [1.54, 1.807) is 0 Å². The van der Waals surface area contributed by atoms with Gasteiger partial charge in [-0.05, 0) is 18.2 Å². The molecule has 0 radical (unpaired) electrons. The number of ether oxygens (including phenoxy) is 2. The van der Waals surface area contributed by atoms with Crippen LogP contribution in [0.1, 0.15) is 0 Å². The minimum atomic E-state index is -4.59. The van der Waals surface area contributed by atoms with E-state index in [1.807, 2.05) is 0 Å². The fourth-order valence-corrected chi connectivity index (χ4v) is 1.46. The molecule has 1 aromatic rings. The van der Waals surface area contributed by atoms with E-state index in [4.69, 9.17) is 4.74 Å². The van der Waals surface area contributed by atoms with Crippen molar-refractivity contribution in [2.45, 2.75) is 6.18 Å². The molecule has 0 spiro atoms. The number of benzene rings is 1. The van der Waals surface area contributed by atoms with Gasteiger partial charge in [-0.25, -0.2) is 4.79 Å². The third-order valence-electron chi connectivity index (χ3n) is 2.23. The Labute approximate surface area is 110 Å². The highest BCUT2D eigenvalue weighted by Gasteiger charge is 2.29. The molecule has 1 heterocycles. The Morgan fingerprint density at radius 2 is 2.20 bits per heavy atom. The summed E-state index contributed by atoms with van der Waals surface area (Å²) in [7, 11) is 0. The Morgan fingerprint density at radius 1 is 1.45 bits per heavy atom. The molecule has 108 valence electrons. The lowest BCUT2D eigenvalue weighted by Crippen LogP contribution is -2.26. The van der Waals surface area contributed by atoms with E-state index in [0.717, 1.165) is 0 Å². The molecule has 2 N–H and O–H groups in total. The van der Waals surface area contributed by atoms with Crippen LogP contribution in [0.3, 0.4) is 0 Å². The molecule has 0 bridgehead atoms. The van der Waals surface area contributed by atoms with Gasteiger partial charge in [0, 0.05) is 5.69 Å². The summed E-state index contributed by atoms with van der Waals surface area (Å²) in [6, 6.07) is 4.22. The second-order valence-electron chi connectivity index (χ2n) is 3.86. The molecule has 0 fully saturated rings. The average molecular weight is 290 g/mol. The van der Waals surface area contributed by atoms with Crippen LogP contribution in [0.15, 0.2) is 18.2 Å². The lowest BCUT2D eigenvalue weighted by Gasteiger charge is -2.18. The first-order valence-electron chi connectivity index (χ1n) is 5.41. The standard InChI is InChI=1S/C11H9F3N2O4/c12-11(13,14)5-20-10(18)15-6-1-2-8-7(3-6)16-9(17)4-19-8/h1-3H,4-5H2,(H,15,18)(H,16,17). The fourth-order valence-electron chi connectivity index (χ4n) is 1.46. The van der Waals surface area contributed by atoms with E-state index in [0.29, 0.717) is 11.4 Å². The Balaban J connectivity index is 1.98. The van der Waals surface area contributed by atoms with Crippen molar-refractivity contribution in [3.8, 4) is 5.75 Å². The molecule has 2 rings (SSSR count). The number of amides is 2. The molecule has 0 saturated heterocycles. The smallest absolute Gasteiger partial charge is 0.422 e. The lowest BCUT2D eigenvalue weighted by atomic mass is 10.2. The maximum atomic E-state index is 11.9. The summed E-state index contributed by atoms with van der Waals surface area (Å²) in [6.07, 6.45) is -5.83. The summed E-state index contributed by atoms with van der Waals surface area (Å²) in [5.74, 6) is 0.0353. The van der Waals surface area contributed by atoms with Crippen LogP contribution in [-0.4, -0.2) is 31.4 Å². The van der Waals surface area contributed by atoms with Gasteiger partial charge in [-0.15, -0.1) is 0 Å². The van der Waals surface area contributed by atoms with Crippen LogP contribution in [0.2, 0.25) is 0 Å². The minimum Gasteiger partial charge on any atom is -0.482 e. The number of nitrogens with one attached hydrogen (secondary N) is 2. The highest BCUT2D eigenvalue weighted by Crippen LogP contribution is 2.30. The largest absolute Gasteiger partial charge is 0.482 e. The van der Waals surface area contributed by atoms with E-state index in [-0.39, 0.29) is 18.2 Å². The van der Waals surface area contributed by atoms with Crippen molar-refractivity contribution in [3.63, 3.8) is 0 Å². The van der Waals surface area contributed by atoms with E-state index in [1.165, 1.54) is 18.2 Å². The number of anilines is 2. The lowest BCUT2D eigenvalue weighted by molar-refractivity contribution is -0.159. The van der Waals surface area contributed by atoms with Gasteiger partial charge >= 0.3 is 12.3 Å². The molecular weight excluding hydrogens is 281 g/mol. The molecule has 1 aliphatic heterocycles. The molecule has 2 amide bonds. The van der Waals surface area contributed by atoms with E-state index in [9.17, 15) is 22.8 Å². The number of carbonyl (C=O) groups is 2. The predicted octanol–water partition coefficient (Wildman–Crippen LogP) is 2.13. The van der Waals surface area contributed by atoms with Crippen molar-refractivity contribution in [1.29, 1.82) is 0 Å². The van der Waals surface area contributed by atoms with E-state index >= 15 is 0 Å². The summed E-state index contributed by atoms with van der Waals surface area (Å²) in [6.45, 7) is -1.79. The highest BCUT2D eigenvalue weighted by molar-refractivity contribution is 5.96. The van der Waals surface area contributed by atoms with Crippen molar-refractivity contribution in [1.82, 2.24) is 0 Å². The number of rotatable bonds is 2. The van der Waals surface area contributed by atoms with Gasteiger partial charge in [0.2, 0.25) is 0 Å². The molecule has 9 heteroatoms. The van der Waals surface area contributed by atoms with Crippen LogP contribution in [0.5, 0.6) is 5.75 Å². The number of hydrogen-bond donors (Lipinski definition) is 2. The number of alkyl halides is 3. The summed E-state index contributed by atoms with van der Waals surface area (Å²) in [5.41, 5.74) is 0.483. The van der Waals surface area contributed by atoms with Gasteiger partial charge in [0.15, 0.2) is 13.2 Å². The molecule has 0 aliphatic carbocycles. The maximum Gasteiger partial charge on any atom is 0.422 e. The van der Waals surface area contributed by atoms with Crippen LogP contribution in [-0.2, 0) is 9.53 Å². The normalized spacial score (nSPS) is 13.8. The first kappa shape index (κ1) is 14.0. The van der Waals surface area contributed by atoms with Crippen molar-refractivity contribution < 1.29 is 32.2 Å². The molecular formula is C11H9F3N2O4. The Hall–Kier alpha value is -2.45. The van der Waals surface area contributed by atoms with Gasteiger partial charge in [-0.1, -0.05) is 0 Å². The average Bonchev–Trinajstić information content (AvgIpc) is 2.35. The summed E-state index contributed by atoms with van der Waals surface area (Å²) in [5, 5.41) is 4.61. The zero-order chi connectivity index (χ0) is 14.8. The molecule has 0 atom stereocenters. The predicted molar refractivity (Wildman–Crippen MR) is 61.6 cm³/mol. The maximum absolute atomic E-state index is 11.9. The van der Waals surface area contributed by atoms with Gasteiger partial charge in [0.1, 0.15) is 5.75 Å². The second kappa shape index (κ2) is 5.27. The monoisotopic (exact) mass is 290 g/mol. The Bertz CT molecular complexity index is 545. The third-order valence-corrected chi connectivity index (χ3v) is 2.23. The van der Waals surface area contributed by atoms with Crippen molar-refractivity contribution in [2.24, 2.45) is 0 Å². The number of halogens is 3. The number of carbonyl (C=O) groups excluding carboxylic acids is 2. The van der Waals surface area contributed by atoms with E-state index in [2.05, 4.69) is 15.4 Å². The SMILES string of the molecule is O=C1COc2ccc(NC(=O)OCC(F)(F)F)cc2N1. The molecule has 1 aromatic carbocycles. The summed E-state index contributed by atoms with van der Waals surface area (Å²) in [4.78, 5) is 22.2. The summed E-state index contributed by atoms with van der Waals surface area (Å²) >= 11 is 0. The number of fused-ring (bicyclic) bond motifs is 1. The van der Waals surface area contributed by atoms with Crippen molar-refractivity contribution in [2.75, 3.05) is 23.8 Å². The van der Waals surface area contributed by atoms with Crippen LogP contribution < -0.4 is 15.4 Å². The third kappa shape index (κ3) is 3.77. The molecule has 1 aliphatic rings. The van der Waals surface area contributed by atoms with Gasteiger partial charge in [-0.2, -0.15) is 13.2 Å². The zero-order valence-corrected chi connectivity index (χ0v) is 9.91. The molecule has 20 heavy (non-hydrogen) atoms. The molecule has 0 unspecified atom stereocenters. The van der Waals surface area contributed by atoms with Gasteiger partial charge in [-0.3, -0.25) is 10.1 Å².